The summed E-state index contributed by atoms with van der Waals surface area (Å²) in [5.74, 6) is -0.649. The summed E-state index contributed by atoms with van der Waals surface area (Å²) in [7, 11) is 0. The summed E-state index contributed by atoms with van der Waals surface area (Å²) in [5, 5.41) is 0. The van der Waals surface area contributed by atoms with Crippen LogP contribution in [0.5, 0.6) is 0 Å². The SMILES string of the molecule is c1ccc(COCC2COC(Cc3ccccc3)(Cc3ccccc3)O2)cc1. The van der Waals surface area contributed by atoms with E-state index in [9.17, 15) is 0 Å². The van der Waals surface area contributed by atoms with E-state index in [0.29, 0.717) is 19.8 Å². The van der Waals surface area contributed by atoms with Crippen molar-refractivity contribution in [3.05, 3.63) is 108 Å². The molecule has 1 saturated heterocycles. The van der Waals surface area contributed by atoms with Crippen molar-refractivity contribution in [2.24, 2.45) is 0 Å². The van der Waals surface area contributed by atoms with Crippen LogP contribution in [0.25, 0.3) is 0 Å². The summed E-state index contributed by atoms with van der Waals surface area (Å²) in [6, 6.07) is 31.0. The van der Waals surface area contributed by atoms with E-state index in [-0.39, 0.29) is 6.10 Å². The highest BCUT2D eigenvalue weighted by Gasteiger charge is 2.41. The first-order valence-electron chi connectivity index (χ1n) is 9.83. The molecule has 1 atom stereocenters. The fourth-order valence-electron chi connectivity index (χ4n) is 3.64. The van der Waals surface area contributed by atoms with E-state index >= 15 is 0 Å². The molecule has 1 unspecified atom stereocenters. The third kappa shape index (κ3) is 5.08. The van der Waals surface area contributed by atoms with Crippen molar-refractivity contribution in [1.82, 2.24) is 0 Å². The largest absolute Gasteiger partial charge is 0.374 e. The van der Waals surface area contributed by atoms with E-state index < -0.39 is 5.79 Å². The minimum Gasteiger partial charge on any atom is -0.374 e. The van der Waals surface area contributed by atoms with Gasteiger partial charge < -0.3 is 14.2 Å². The summed E-state index contributed by atoms with van der Waals surface area (Å²) in [4.78, 5) is 0. The first-order chi connectivity index (χ1) is 13.8. The van der Waals surface area contributed by atoms with Gasteiger partial charge in [-0.2, -0.15) is 0 Å². The van der Waals surface area contributed by atoms with E-state index in [4.69, 9.17) is 14.2 Å². The molecule has 3 heteroatoms. The Hall–Kier alpha value is -2.46. The van der Waals surface area contributed by atoms with Gasteiger partial charge in [-0.15, -0.1) is 0 Å². The van der Waals surface area contributed by atoms with Crippen LogP contribution < -0.4 is 0 Å². The molecule has 0 amide bonds. The van der Waals surface area contributed by atoms with E-state index in [1.54, 1.807) is 0 Å². The minimum absolute atomic E-state index is 0.0591. The highest BCUT2D eigenvalue weighted by molar-refractivity contribution is 5.21. The lowest BCUT2D eigenvalue weighted by Gasteiger charge is -2.28. The summed E-state index contributed by atoms with van der Waals surface area (Å²) in [6.07, 6.45) is 1.38. The van der Waals surface area contributed by atoms with Crippen molar-refractivity contribution in [3.63, 3.8) is 0 Å². The molecule has 3 nitrogen and oxygen atoms in total. The van der Waals surface area contributed by atoms with E-state index in [0.717, 1.165) is 12.8 Å². The summed E-state index contributed by atoms with van der Waals surface area (Å²) >= 11 is 0. The maximum Gasteiger partial charge on any atom is 0.176 e. The van der Waals surface area contributed by atoms with Gasteiger partial charge in [-0.1, -0.05) is 91.0 Å². The Morgan fingerprint density at radius 3 is 1.75 bits per heavy atom. The summed E-state index contributed by atoms with van der Waals surface area (Å²) in [5.41, 5.74) is 3.59. The smallest absolute Gasteiger partial charge is 0.176 e. The van der Waals surface area contributed by atoms with Gasteiger partial charge >= 0.3 is 0 Å². The number of ether oxygens (including phenoxy) is 3. The lowest BCUT2D eigenvalue weighted by molar-refractivity contribution is -0.171. The van der Waals surface area contributed by atoms with Crippen LogP contribution in [0.15, 0.2) is 91.0 Å². The van der Waals surface area contributed by atoms with E-state index in [1.807, 2.05) is 30.3 Å². The number of benzene rings is 3. The van der Waals surface area contributed by atoms with Gasteiger partial charge in [0.1, 0.15) is 6.10 Å². The summed E-state index contributed by atoms with van der Waals surface area (Å²) in [6.45, 7) is 1.67. The molecule has 4 rings (SSSR count). The average molecular weight is 374 g/mol. The molecular formula is C25H26O3. The van der Waals surface area contributed by atoms with Gasteiger partial charge in [0.05, 0.1) is 19.8 Å². The van der Waals surface area contributed by atoms with Gasteiger partial charge in [0.25, 0.3) is 0 Å². The van der Waals surface area contributed by atoms with E-state index in [2.05, 4.69) is 60.7 Å². The molecule has 0 N–H and O–H groups in total. The van der Waals surface area contributed by atoms with Crippen molar-refractivity contribution >= 4 is 0 Å². The second-order valence-electron chi connectivity index (χ2n) is 7.29. The van der Waals surface area contributed by atoms with Crippen molar-refractivity contribution in [2.45, 2.75) is 31.3 Å². The molecular weight excluding hydrogens is 348 g/mol. The molecule has 0 aromatic heterocycles. The predicted octanol–water partition coefficient (Wildman–Crippen LogP) is 4.80. The minimum atomic E-state index is -0.649. The Morgan fingerprint density at radius 1 is 0.714 bits per heavy atom. The molecule has 3 aromatic rings. The van der Waals surface area contributed by atoms with Crippen LogP contribution in [0.4, 0.5) is 0 Å². The number of hydrogen-bond acceptors (Lipinski definition) is 3. The Bertz CT molecular complexity index is 792. The third-order valence-corrected chi connectivity index (χ3v) is 4.96. The van der Waals surface area contributed by atoms with Crippen LogP contribution in [-0.2, 0) is 33.7 Å². The Kier molecular flexibility index (Phi) is 6.17. The summed E-state index contributed by atoms with van der Waals surface area (Å²) < 4.78 is 18.6. The monoisotopic (exact) mass is 374 g/mol. The molecule has 0 spiro atoms. The second-order valence-corrected chi connectivity index (χ2v) is 7.29. The van der Waals surface area contributed by atoms with Crippen LogP contribution in [-0.4, -0.2) is 25.1 Å². The normalized spacial score (nSPS) is 18.2. The van der Waals surface area contributed by atoms with Crippen LogP contribution in [0.2, 0.25) is 0 Å². The maximum atomic E-state index is 6.45. The zero-order chi connectivity index (χ0) is 19.1. The lowest BCUT2D eigenvalue weighted by atomic mass is 9.98. The average Bonchev–Trinajstić information content (AvgIpc) is 3.12. The molecule has 3 aromatic carbocycles. The molecule has 0 aliphatic carbocycles. The molecule has 144 valence electrons. The molecule has 1 aliphatic rings. The van der Waals surface area contributed by atoms with Crippen LogP contribution in [0.3, 0.4) is 0 Å². The maximum absolute atomic E-state index is 6.45. The third-order valence-electron chi connectivity index (χ3n) is 4.96. The van der Waals surface area contributed by atoms with Gasteiger partial charge in [0.2, 0.25) is 0 Å². The van der Waals surface area contributed by atoms with Gasteiger partial charge in [-0.3, -0.25) is 0 Å². The fraction of sp³-hybridized carbons (Fsp3) is 0.280. The Balaban J connectivity index is 1.41. The molecule has 0 radical (unpaired) electrons. The lowest BCUT2D eigenvalue weighted by Crippen LogP contribution is -2.37. The van der Waals surface area contributed by atoms with Gasteiger partial charge in [-0.25, -0.2) is 0 Å². The quantitative estimate of drug-likeness (QED) is 0.567. The number of hydrogen-bond donors (Lipinski definition) is 0. The topological polar surface area (TPSA) is 27.7 Å². The van der Waals surface area contributed by atoms with Gasteiger partial charge in [-0.05, 0) is 16.7 Å². The number of rotatable bonds is 8. The highest BCUT2D eigenvalue weighted by atomic mass is 16.7. The first kappa shape index (κ1) is 18.9. The van der Waals surface area contributed by atoms with Crippen molar-refractivity contribution in [1.29, 1.82) is 0 Å². The molecule has 1 aliphatic heterocycles. The Labute approximate surface area is 166 Å². The first-order valence-corrected chi connectivity index (χ1v) is 9.83. The van der Waals surface area contributed by atoms with Crippen LogP contribution in [0, 0.1) is 0 Å². The molecule has 0 saturated carbocycles. The van der Waals surface area contributed by atoms with Crippen molar-refractivity contribution in [3.8, 4) is 0 Å². The fourth-order valence-corrected chi connectivity index (χ4v) is 3.64. The van der Waals surface area contributed by atoms with Crippen molar-refractivity contribution in [2.75, 3.05) is 13.2 Å². The zero-order valence-corrected chi connectivity index (χ0v) is 16.0. The van der Waals surface area contributed by atoms with Gasteiger partial charge in [0, 0.05) is 12.8 Å². The Morgan fingerprint density at radius 2 is 1.21 bits per heavy atom. The molecule has 1 heterocycles. The standard InChI is InChI=1S/C25H26O3/c1-4-10-21(11-5-1)16-25(17-22-12-6-2-7-13-22)27-20-24(28-25)19-26-18-23-14-8-3-9-15-23/h1-15,24H,16-20H2. The molecule has 28 heavy (non-hydrogen) atoms. The van der Waals surface area contributed by atoms with E-state index in [1.165, 1.54) is 16.7 Å². The predicted molar refractivity (Wildman–Crippen MR) is 110 cm³/mol. The zero-order valence-electron chi connectivity index (χ0n) is 16.0. The van der Waals surface area contributed by atoms with Crippen LogP contribution >= 0.6 is 0 Å². The highest BCUT2D eigenvalue weighted by Crippen LogP contribution is 2.32. The molecule has 0 bridgehead atoms. The van der Waals surface area contributed by atoms with Gasteiger partial charge in [0.15, 0.2) is 5.79 Å². The van der Waals surface area contributed by atoms with Crippen LogP contribution in [0.1, 0.15) is 16.7 Å². The second kappa shape index (κ2) is 9.16. The molecule has 1 fully saturated rings. The van der Waals surface area contributed by atoms with Crippen molar-refractivity contribution < 1.29 is 14.2 Å².